The van der Waals surface area contributed by atoms with Crippen LogP contribution in [0.4, 0.5) is 0 Å². The van der Waals surface area contributed by atoms with Crippen molar-refractivity contribution in [2.24, 2.45) is 0 Å². The van der Waals surface area contributed by atoms with Crippen LogP contribution in [0.25, 0.3) is 0 Å². The van der Waals surface area contributed by atoms with Gasteiger partial charge in [0.05, 0.1) is 39.9 Å². The Morgan fingerprint density at radius 2 is 1.24 bits per heavy atom. The SMILES string of the molecule is CCCCCC/C=C/CC/C=C/[C@@H](O)[C@H](COP(=O)([O-])OCC[N+](C)(C)C)NC(=O)CCCCCCCCCCCCCCC. The number of unbranched alkanes of at least 4 members (excludes halogenated alkanes) is 17. The minimum Gasteiger partial charge on any atom is -0.756 e. The third-order valence-corrected chi connectivity index (χ3v) is 8.88. The molecule has 9 heteroatoms. The van der Waals surface area contributed by atoms with E-state index in [-0.39, 0.29) is 12.5 Å². The molecule has 1 amide bonds. The molecule has 0 bridgehead atoms. The summed E-state index contributed by atoms with van der Waals surface area (Å²) in [7, 11) is 1.24. The number of hydrogen-bond acceptors (Lipinski definition) is 6. The van der Waals surface area contributed by atoms with Gasteiger partial charge in [0.1, 0.15) is 13.2 Å². The van der Waals surface area contributed by atoms with Crippen molar-refractivity contribution in [1.82, 2.24) is 5.32 Å². The van der Waals surface area contributed by atoms with Crippen LogP contribution in [0.5, 0.6) is 0 Å². The fourth-order valence-electron chi connectivity index (χ4n) is 4.93. The third kappa shape index (κ3) is 31.4. The summed E-state index contributed by atoms with van der Waals surface area (Å²) >= 11 is 0. The van der Waals surface area contributed by atoms with Crippen molar-refractivity contribution < 1.29 is 32.9 Å². The molecular weight excluding hydrogens is 587 g/mol. The predicted molar refractivity (Wildman–Crippen MR) is 187 cm³/mol. The minimum atomic E-state index is -4.58. The zero-order valence-corrected chi connectivity index (χ0v) is 30.7. The number of likely N-dealkylation sites (N-methyl/N-ethyl adjacent to an activating group) is 1. The molecule has 0 spiro atoms. The van der Waals surface area contributed by atoms with Crippen molar-refractivity contribution >= 4 is 13.7 Å². The molecule has 266 valence electrons. The zero-order valence-electron chi connectivity index (χ0n) is 29.8. The predicted octanol–water partition coefficient (Wildman–Crippen LogP) is 8.38. The maximum Gasteiger partial charge on any atom is 0.268 e. The number of allylic oxidation sites excluding steroid dienone is 3. The summed E-state index contributed by atoms with van der Waals surface area (Å²) in [5.41, 5.74) is 0. The summed E-state index contributed by atoms with van der Waals surface area (Å²) in [6.07, 6.45) is 30.8. The Bertz CT molecular complexity index is 799. The van der Waals surface area contributed by atoms with E-state index in [9.17, 15) is 19.4 Å². The first kappa shape index (κ1) is 44.0. The Labute approximate surface area is 277 Å². The zero-order chi connectivity index (χ0) is 33.7. The lowest BCUT2D eigenvalue weighted by Crippen LogP contribution is -2.45. The van der Waals surface area contributed by atoms with Crippen LogP contribution in [0.3, 0.4) is 0 Å². The summed E-state index contributed by atoms with van der Waals surface area (Å²) in [5, 5.41) is 13.6. The van der Waals surface area contributed by atoms with Crippen molar-refractivity contribution in [3.63, 3.8) is 0 Å². The van der Waals surface area contributed by atoms with E-state index in [4.69, 9.17) is 9.05 Å². The first-order valence-electron chi connectivity index (χ1n) is 18.2. The highest BCUT2D eigenvalue weighted by Crippen LogP contribution is 2.38. The summed E-state index contributed by atoms with van der Waals surface area (Å²) in [6.45, 7) is 4.56. The molecule has 0 rings (SSSR count). The maximum atomic E-state index is 12.7. The Morgan fingerprint density at radius 1 is 0.756 bits per heavy atom. The number of hydrogen-bond donors (Lipinski definition) is 2. The van der Waals surface area contributed by atoms with E-state index in [1.807, 2.05) is 27.2 Å². The van der Waals surface area contributed by atoms with Crippen molar-refractivity contribution in [3.8, 4) is 0 Å². The van der Waals surface area contributed by atoms with Gasteiger partial charge in [-0.1, -0.05) is 134 Å². The topological polar surface area (TPSA) is 108 Å². The van der Waals surface area contributed by atoms with Crippen LogP contribution in [0.1, 0.15) is 149 Å². The van der Waals surface area contributed by atoms with Gasteiger partial charge in [0.25, 0.3) is 7.82 Å². The number of carbonyl (C=O) groups is 1. The Hall–Kier alpha value is -1.02. The molecule has 2 N–H and O–H groups in total. The molecule has 0 aromatic rings. The third-order valence-electron chi connectivity index (χ3n) is 7.91. The van der Waals surface area contributed by atoms with Gasteiger partial charge in [-0.05, 0) is 32.1 Å². The number of nitrogens with zero attached hydrogens (tertiary/aromatic N) is 1. The van der Waals surface area contributed by atoms with Crippen molar-refractivity contribution in [2.75, 3.05) is 40.9 Å². The number of quaternary nitrogens is 1. The molecule has 8 nitrogen and oxygen atoms in total. The van der Waals surface area contributed by atoms with Gasteiger partial charge in [-0.25, -0.2) is 0 Å². The van der Waals surface area contributed by atoms with Gasteiger partial charge in [-0.3, -0.25) is 9.36 Å². The Balaban J connectivity index is 4.58. The standard InChI is InChI=1S/C36H71N2O6P/c1-6-8-10-12-14-16-18-19-20-22-24-26-28-30-36(40)37-34(33-44-45(41,42)43-32-31-38(3,4)5)35(39)29-27-25-23-21-17-15-13-11-9-7-2/h17,21,27,29,34-35,39H,6-16,18-20,22-26,28,30-33H2,1-5H3,(H-,37,40,41,42)/b21-17+,29-27+/t34-,35+/m0/s1. The van der Waals surface area contributed by atoms with Crippen molar-refractivity contribution in [3.05, 3.63) is 24.3 Å². The number of carbonyl (C=O) groups excluding carboxylic acids is 1. The molecule has 0 aliphatic rings. The highest BCUT2D eigenvalue weighted by atomic mass is 31.2. The molecule has 0 saturated heterocycles. The molecule has 0 fully saturated rings. The van der Waals surface area contributed by atoms with E-state index < -0.39 is 26.6 Å². The fraction of sp³-hybridized carbons (Fsp3) is 0.861. The summed E-state index contributed by atoms with van der Waals surface area (Å²) in [6, 6.07) is -0.894. The van der Waals surface area contributed by atoms with Gasteiger partial charge in [0.2, 0.25) is 5.91 Å². The number of phosphoric ester groups is 1. The van der Waals surface area contributed by atoms with E-state index in [1.165, 1.54) is 89.9 Å². The molecule has 0 aromatic carbocycles. The minimum absolute atomic E-state index is 0.00503. The van der Waals surface area contributed by atoms with E-state index in [0.717, 1.165) is 38.5 Å². The van der Waals surface area contributed by atoms with Crippen molar-refractivity contribution in [2.45, 2.75) is 161 Å². The van der Waals surface area contributed by atoms with Gasteiger partial charge in [0.15, 0.2) is 0 Å². The molecule has 0 saturated carbocycles. The van der Waals surface area contributed by atoms with Gasteiger partial charge in [-0.15, -0.1) is 0 Å². The number of aliphatic hydroxyl groups is 1. The quantitative estimate of drug-likeness (QED) is 0.0325. The van der Waals surface area contributed by atoms with Gasteiger partial charge < -0.3 is 28.8 Å². The monoisotopic (exact) mass is 659 g/mol. The second-order valence-corrected chi connectivity index (χ2v) is 15.0. The molecule has 3 atom stereocenters. The van der Waals surface area contributed by atoms with Crippen molar-refractivity contribution in [1.29, 1.82) is 0 Å². The summed E-state index contributed by atoms with van der Waals surface area (Å²) in [5.74, 6) is -0.211. The number of rotatable bonds is 32. The summed E-state index contributed by atoms with van der Waals surface area (Å²) < 4.78 is 23.0. The van der Waals surface area contributed by atoms with E-state index in [2.05, 4.69) is 31.3 Å². The average molecular weight is 659 g/mol. The van der Waals surface area contributed by atoms with E-state index >= 15 is 0 Å². The van der Waals surface area contributed by atoms with Gasteiger partial charge >= 0.3 is 0 Å². The summed E-state index contributed by atoms with van der Waals surface area (Å²) in [4.78, 5) is 25.1. The highest BCUT2D eigenvalue weighted by molar-refractivity contribution is 7.45. The first-order chi connectivity index (χ1) is 21.5. The van der Waals surface area contributed by atoms with Crippen LogP contribution < -0.4 is 10.2 Å². The molecular formula is C36H71N2O6P. The molecule has 1 unspecified atom stereocenters. The van der Waals surface area contributed by atoms with E-state index in [1.54, 1.807) is 6.08 Å². The fourth-order valence-corrected chi connectivity index (χ4v) is 5.65. The average Bonchev–Trinajstić information content (AvgIpc) is 2.97. The van der Waals surface area contributed by atoms with Crippen LogP contribution in [0.2, 0.25) is 0 Å². The lowest BCUT2D eigenvalue weighted by Gasteiger charge is -2.29. The normalized spacial score (nSPS) is 15.1. The molecule has 0 aliphatic carbocycles. The molecule has 0 radical (unpaired) electrons. The maximum absolute atomic E-state index is 12.7. The lowest BCUT2D eigenvalue weighted by molar-refractivity contribution is -0.870. The second-order valence-electron chi connectivity index (χ2n) is 13.6. The molecule has 0 aliphatic heterocycles. The van der Waals surface area contributed by atoms with Crippen LogP contribution in [0.15, 0.2) is 24.3 Å². The molecule has 45 heavy (non-hydrogen) atoms. The largest absolute Gasteiger partial charge is 0.756 e. The van der Waals surface area contributed by atoms with Crippen LogP contribution in [-0.2, 0) is 18.4 Å². The number of nitrogens with one attached hydrogen (secondary N) is 1. The smallest absolute Gasteiger partial charge is 0.268 e. The Kier molecular flexibility index (Phi) is 28.5. The number of phosphoric acid groups is 1. The molecule has 0 heterocycles. The van der Waals surface area contributed by atoms with Crippen LogP contribution in [-0.4, -0.2) is 68.5 Å². The molecule has 0 aromatic heterocycles. The highest BCUT2D eigenvalue weighted by Gasteiger charge is 2.23. The van der Waals surface area contributed by atoms with Gasteiger partial charge in [-0.2, -0.15) is 0 Å². The van der Waals surface area contributed by atoms with E-state index in [0.29, 0.717) is 17.4 Å². The van der Waals surface area contributed by atoms with Crippen LogP contribution in [0, 0.1) is 0 Å². The first-order valence-corrected chi connectivity index (χ1v) is 19.7. The Morgan fingerprint density at radius 3 is 1.80 bits per heavy atom. The lowest BCUT2D eigenvalue weighted by atomic mass is 10.0. The second kappa shape index (κ2) is 29.1. The number of amides is 1. The number of aliphatic hydroxyl groups excluding tert-OH is 1. The van der Waals surface area contributed by atoms with Crippen LogP contribution >= 0.6 is 7.82 Å². The van der Waals surface area contributed by atoms with Gasteiger partial charge in [0, 0.05) is 6.42 Å².